The van der Waals surface area contributed by atoms with Crippen molar-refractivity contribution in [2.24, 2.45) is 0 Å². The molecule has 1 unspecified atom stereocenters. The monoisotopic (exact) mass is 423 g/mol. The average molecular weight is 423 g/mol. The minimum atomic E-state index is -4.99. The van der Waals surface area contributed by atoms with Crippen molar-refractivity contribution in [3.63, 3.8) is 0 Å². The molecule has 0 bridgehead atoms. The number of ether oxygens (including phenoxy) is 1. The van der Waals surface area contributed by atoms with Crippen molar-refractivity contribution in [2.45, 2.75) is 18.8 Å². The fraction of sp³-hybridized carbons (Fsp3) is 0.160. The van der Waals surface area contributed by atoms with Gasteiger partial charge in [0.15, 0.2) is 0 Å². The van der Waals surface area contributed by atoms with Gasteiger partial charge in [-0.3, -0.25) is 4.79 Å². The number of hydrogen-bond acceptors (Lipinski definition) is 2. The molecule has 4 rings (SSSR count). The Bertz CT molecular complexity index is 1200. The largest absolute Gasteiger partial charge is 0.450 e. The first-order valence-electron chi connectivity index (χ1n) is 9.75. The van der Waals surface area contributed by atoms with Gasteiger partial charge in [0.1, 0.15) is 6.73 Å². The smallest absolute Gasteiger partial charge is 0.364 e. The van der Waals surface area contributed by atoms with Crippen LogP contribution in [0, 0.1) is 0 Å². The van der Waals surface area contributed by atoms with Crippen molar-refractivity contribution in [2.75, 3.05) is 7.11 Å². The van der Waals surface area contributed by atoms with Crippen LogP contribution in [0.15, 0.2) is 84.9 Å². The molecule has 0 fully saturated rings. The van der Waals surface area contributed by atoms with Gasteiger partial charge in [-0.15, -0.1) is 0 Å². The van der Waals surface area contributed by atoms with Gasteiger partial charge >= 0.3 is 6.18 Å². The average Bonchev–Trinajstić information content (AvgIpc) is 3.09. The number of benzene rings is 3. The summed E-state index contributed by atoms with van der Waals surface area (Å²) >= 11 is 0. The molecule has 3 aromatic carbocycles. The lowest BCUT2D eigenvalue weighted by molar-refractivity contribution is -0.171. The summed E-state index contributed by atoms with van der Waals surface area (Å²) in [7, 11) is 1.53. The first-order chi connectivity index (χ1) is 14.9. The van der Waals surface area contributed by atoms with Gasteiger partial charge in [0.05, 0.1) is 17.1 Å². The lowest BCUT2D eigenvalue weighted by atomic mass is 9.84. The zero-order valence-electron chi connectivity index (χ0n) is 16.8. The summed E-state index contributed by atoms with van der Waals surface area (Å²) in [5, 5.41) is 0.588. The summed E-state index contributed by atoms with van der Waals surface area (Å²) in [6.45, 7) is 0.131. The van der Waals surface area contributed by atoms with E-state index < -0.39 is 17.9 Å². The lowest BCUT2D eigenvalue weighted by Crippen LogP contribution is -2.30. The second-order valence-electron chi connectivity index (χ2n) is 7.20. The fourth-order valence-electron chi connectivity index (χ4n) is 4.05. The van der Waals surface area contributed by atoms with Crippen LogP contribution in [0.25, 0.3) is 22.2 Å². The zero-order valence-corrected chi connectivity index (χ0v) is 16.8. The summed E-state index contributed by atoms with van der Waals surface area (Å²) in [5.41, 5.74) is 2.57. The van der Waals surface area contributed by atoms with Crippen molar-refractivity contribution in [3.05, 3.63) is 96.1 Å². The highest BCUT2D eigenvalue weighted by Crippen LogP contribution is 2.43. The molecular formula is C25H20F3NO2. The highest BCUT2D eigenvalue weighted by Gasteiger charge is 2.46. The number of Topliss-reactive ketones (excluding diaryl/α,β-unsaturated/α-hetero) is 1. The Balaban J connectivity index is 2.13. The Morgan fingerprint density at radius 2 is 1.48 bits per heavy atom. The second kappa shape index (κ2) is 8.40. The predicted molar refractivity (Wildman–Crippen MR) is 114 cm³/mol. The molecule has 1 heterocycles. The molecule has 0 saturated carbocycles. The number of aromatic nitrogens is 1. The number of carbonyl (C=O) groups excluding carboxylic acids is 1. The number of rotatable bonds is 6. The van der Waals surface area contributed by atoms with Crippen molar-refractivity contribution < 1.29 is 22.7 Å². The predicted octanol–water partition coefficient (Wildman–Crippen LogP) is 6.18. The molecule has 1 aromatic heterocycles. The molecule has 158 valence electrons. The number of hydrogen-bond donors (Lipinski definition) is 0. The highest BCUT2D eigenvalue weighted by molar-refractivity contribution is 6.02. The maximum Gasteiger partial charge on any atom is 0.450 e. The number of ketones is 1. The topological polar surface area (TPSA) is 31.2 Å². The van der Waals surface area contributed by atoms with Crippen molar-refractivity contribution >= 4 is 16.7 Å². The SMILES string of the molecule is COCn1c(-c2ccccc2)c(C(C(=O)C(F)(F)F)c2ccccc2)c2ccccc21. The molecule has 0 N–H and O–H groups in total. The molecular weight excluding hydrogens is 403 g/mol. The third-order valence-electron chi connectivity index (χ3n) is 5.28. The molecule has 0 aliphatic carbocycles. The molecule has 0 saturated heterocycles. The van der Waals surface area contributed by atoms with Crippen LogP contribution in [-0.4, -0.2) is 23.6 Å². The zero-order chi connectivity index (χ0) is 22.0. The number of halogens is 3. The fourth-order valence-corrected chi connectivity index (χ4v) is 4.05. The molecule has 0 radical (unpaired) electrons. The van der Waals surface area contributed by atoms with Crippen molar-refractivity contribution in [1.82, 2.24) is 4.57 Å². The number of para-hydroxylation sites is 1. The Morgan fingerprint density at radius 1 is 0.903 bits per heavy atom. The minimum absolute atomic E-state index is 0.131. The first-order valence-corrected chi connectivity index (χ1v) is 9.75. The summed E-state index contributed by atoms with van der Waals surface area (Å²) in [6.07, 6.45) is -4.99. The van der Waals surface area contributed by atoms with Crippen molar-refractivity contribution in [1.29, 1.82) is 0 Å². The van der Waals surface area contributed by atoms with Crippen molar-refractivity contribution in [3.8, 4) is 11.3 Å². The van der Waals surface area contributed by atoms with E-state index in [9.17, 15) is 18.0 Å². The van der Waals surface area contributed by atoms with E-state index in [1.165, 1.54) is 7.11 Å². The molecule has 1 atom stereocenters. The molecule has 4 aromatic rings. The maximum absolute atomic E-state index is 13.8. The lowest BCUT2D eigenvalue weighted by Gasteiger charge is -2.21. The van der Waals surface area contributed by atoms with Crippen LogP contribution in [0.1, 0.15) is 17.0 Å². The molecule has 31 heavy (non-hydrogen) atoms. The van der Waals surface area contributed by atoms with Crippen LogP contribution in [0.2, 0.25) is 0 Å². The third-order valence-corrected chi connectivity index (χ3v) is 5.28. The van der Waals surface area contributed by atoms with Crippen LogP contribution in [0.5, 0.6) is 0 Å². The van der Waals surface area contributed by atoms with Crippen LogP contribution in [0.4, 0.5) is 13.2 Å². The van der Waals surface area contributed by atoms with Gasteiger partial charge < -0.3 is 9.30 Å². The Kier molecular flexibility index (Phi) is 5.65. The van der Waals surface area contributed by atoms with Gasteiger partial charge in [0.2, 0.25) is 5.78 Å². The van der Waals surface area contributed by atoms with Crippen LogP contribution in [0.3, 0.4) is 0 Å². The van der Waals surface area contributed by atoms with E-state index >= 15 is 0 Å². The van der Waals surface area contributed by atoms with Crippen LogP contribution < -0.4 is 0 Å². The van der Waals surface area contributed by atoms with E-state index in [2.05, 4.69) is 0 Å². The molecule has 0 aliphatic heterocycles. The minimum Gasteiger partial charge on any atom is -0.364 e. The Labute approximate surface area is 177 Å². The van der Waals surface area contributed by atoms with Gasteiger partial charge in [-0.25, -0.2) is 0 Å². The molecule has 0 amide bonds. The van der Waals surface area contributed by atoms with E-state index in [4.69, 9.17) is 4.74 Å². The van der Waals surface area contributed by atoms with Crippen LogP contribution in [-0.2, 0) is 16.3 Å². The van der Waals surface area contributed by atoms with Gasteiger partial charge in [-0.05, 0) is 17.2 Å². The molecule has 3 nitrogen and oxygen atoms in total. The summed E-state index contributed by atoms with van der Waals surface area (Å²) in [5.74, 6) is -3.30. The Hall–Kier alpha value is -3.38. The second-order valence-corrected chi connectivity index (χ2v) is 7.20. The van der Waals surface area contributed by atoms with E-state index in [-0.39, 0.29) is 6.73 Å². The van der Waals surface area contributed by atoms with Gasteiger partial charge in [0.25, 0.3) is 0 Å². The standard InChI is InChI=1S/C25H20F3NO2/c1-31-16-29-20-15-9-8-14-19(20)22(23(29)18-12-6-3-7-13-18)21(24(30)25(26,27)28)17-10-4-2-5-11-17/h2-15,21H,16H2,1H3. The Morgan fingerprint density at radius 3 is 2.10 bits per heavy atom. The number of nitrogens with zero attached hydrogens (tertiary/aromatic N) is 1. The maximum atomic E-state index is 13.8. The summed E-state index contributed by atoms with van der Waals surface area (Å²) in [6, 6.07) is 24.4. The van der Waals surface area contributed by atoms with Gasteiger partial charge in [0, 0.05) is 18.1 Å². The van der Waals surface area contributed by atoms with E-state index in [1.54, 1.807) is 42.5 Å². The summed E-state index contributed by atoms with van der Waals surface area (Å²) in [4.78, 5) is 12.8. The number of carbonyl (C=O) groups is 1. The van der Waals surface area contributed by atoms with E-state index in [0.29, 0.717) is 33.3 Å². The summed E-state index contributed by atoms with van der Waals surface area (Å²) < 4.78 is 48.5. The van der Waals surface area contributed by atoms with Crippen LogP contribution >= 0.6 is 0 Å². The molecule has 6 heteroatoms. The van der Waals surface area contributed by atoms with Gasteiger partial charge in [-0.2, -0.15) is 13.2 Å². The molecule has 0 spiro atoms. The van der Waals surface area contributed by atoms with E-state index in [0.717, 1.165) is 0 Å². The number of alkyl halides is 3. The highest BCUT2D eigenvalue weighted by atomic mass is 19.4. The third kappa shape index (κ3) is 3.86. The number of fused-ring (bicyclic) bond motifs is 1. The number of methoxy groups -OCH3 is 1. The first kappa shape index (κ1) is 20.9. The van der Waals surface area contributed by atoms with Gasteiger partial charge in [-0.1, -0.05) is 78.9 Å². The van der Waals surface area contributed by atoms with E-state index in [1.807, 2.05) is 47.0 Å². The molecule has 0 aliphatic rings. The quantitative estimate of drug-likeness (QED) is 0.371. The normalized spacial score (nSPS) is 12.8.